The molecule has 1 aliphatic heterocycles. The lowest BCUT2D eigenvalue weighted by atomic mass is 10.0. The van der Waals surface area contributed by atoms with Gasteiger partial charge in [0.15, 0.2) is 0 Å². The van der Waals surface area contributed by atoms with Crippen LogP contribution in [0.25, 0.3) is 10.6 Å². The molecule has 0 spiro atoms. The molecule has 3 nitrogen and oxygen atoms in total. The van der Waals surface area contributed by atoms with Crippen molar-refractivity contribution in [3.8, 4) is 10.6 Å². The summed E-state index contributed by atoms with van der Waals surface area (Å²) < 4.78 is 0. The first-order valence-corrected chi connectivity index (χ1v) is 10.3. The molecule has 2 aromatic heterocycles. The van der Waals surface area contributed by atoms with Gasteiger partial charge in [0.05, 0.1) is 5.69 Å². The molecule has 0 saturated carbocycles. The van der Waals surface area contributed by atoms with E-state index in [0.717, 1.165) is 46.9 Å². The second-order valence-corrected chi connectivity index (χ2v) is 8.21. The molecule has 1 atom stereocenters. The van der Waals surface area contributed by atoms with E-state index < -0.39 is 0 Å². The van der Waals surface area contributed by atoms with Gasteiger partial charge >= 0.3 is 0 Å². The van der Waals surface area contributed by atoms with Crippen molar-refractivity contribution in [2.45, 2.75) is 32.2 Å². The summed E-state index contributed by atoms with van der Waals surface area (Å²) in [5, 5.41) is 5.07. The summed E-state index contributed by atoms with van der Waals surface area (Å²) in [6.45, 7) is 2.79. The maximum atomic E-state index is 13.2. The average molecular weight is 369 g/mol. The van der Waals surface area contributed by atoms with E-state index in [1.807, 2.05) is 18.4 Å². The van der Waals surface area contributed by atoms with E-state index >= 15 is 0 Å². The first-order valence-electron chi connectivity index (χ1n) is 8.57. The smallest absolute Gasteiger partial charge is 0.266 e. The third-order valence-electron chi connectivity index (χ3n) is 4.71. The van der Waals surface area contributed by atoms with Crippen LogP contribution in [0.1, 0.15) is 33.8 Å². The Hall–Kier alpha value is -1.98. The Morgan fingerprint density at radius 3 is 2.88 bits per heavy atom. The highest BCUT2D eigenvalue weighted by Gasteiger charge is 2.31. The molecule has 25 heavy (non-hydrogen) atoms. The van der Waals surface area contributed by atoms with Crippen LogP contribution >= 0.6 is 22.7 Å². The first-order chi connectivity index (χ1) is 12.2. The zero-order chi connectivity index (χ0) is 17.2. The number of aryl methyl sites for hydroxylation is 1. The average Bonchev–Trinajstić information content (AvgIpc) is 3.35. The second kappa shape index (κ2) is 7.10. The number of thiazole rings is 1. The van der Waals surface area contributed by atoms with Crippen LogP contribution in [0.4, 0.5) is 0 Å². The van der Waals surface area contributed by atoms with Crippen LogP contribution < -0.4 is 0 Å². The maximum Gasteiger partial charge on any atom is 0.266 e. The highest BCUT2D eigenvalue weighted by Crippen LogP contribution is 2.32. The lowest BCUT2D eigenvalue weighted by molar-refractivity contribution is 0.0740. The minimum Gasteiger partial charge on any atom is -0.335 e. The molecule has 3 heterocycles. The fraction of sp³-hybridized carbons (Fsp3) is 0.300. The third-order valence-corrected chi connectivity index (χ3v) is 6.59. The molecule has 0 unspecified atom stereocenters. The minimum absolute atomic E-state index is 0.148. The molecule has 1 amide bonds. The number of hydrogen-bond donors (Lipinski definition) is 0. The molecule has 0 aliphatic carbocycles. The van der Waals surface area contributed by atoms with Gasteiger partial charge in [0, 0.05) is 23.5 Å². The Morgan fingerprint density at radius 2 is 2.12 bits per heavy atom. The maximum absolute atomic E-state index is 13.2. The van der Waals surface area contributed by atoms with Crippen LogP contribution in [0.5, 0.6) is 0 Å². The van der Waals surface area contributed by atoms with Gasteiger partial charge in [-0.25, -0.2) is 4.98 Å². The van der Waals surface area contributed by atoms with Gasteiger partial charge in [-0.1, -0.05) is 30.3 Å². The quantitative estimate of drug-likeness (QED) is 0.647. The summed E-state index contributed by atoms with van der Waals surface area (Å²) in [4.78, 5) is 20.6. The van der Waals surface area contributed by atoms with Gasteiger partial charge in [0.1, 0.15) is 9.88 Å². The molecule has 0 N–H and O–H groups in total. The number of carbonyl (C=O) groups excluding carboxylic acids is 1. The molecule has 3 aromatic rings. The fourth-order valence-electron chi connectivity index (χ4n) is 3.44. The lowest BCUT2D eigenvalue weighted by Crippen LogP contribution is -2.36. The van der Waals surface area contributed by atoms with Crippen LogP contribution in [0.15, 0.2) is 47.2 Å². The van der Waals surface area contributed by atoms with Gasteiger partial charge < -0.3 is 4.90 Å². The SMILES string of the molecule is Cc1nc(-c2ccsc2)sc1C(=O)N1CCC[C@@H]1Cc1ccccc1. The van der Waals surface area contributed by atoms with Gasteiger partial charge in [-0.05, 0) is 43.2 Å². The second-order valence-electron chi connectivity index (χ2n) is 6.43. The van der Waals surface area contributed by atoms with E-state index in [0.29, 0.717) is 6.04 Å². The van der Waals surface area contributed by atoms with Gasteiger partial charge in [-0.2, -0.15) is 11.3 Å². The van der Waals surface area contributed by atoms with E-state index in [2.05, 4.69) is 45.6 Å². The molecule has 1 fully saturated rings. The Labute approximate surface area is 156 Å². The van der Waals surface area contributed by atoms with Gasteiger partial charge in [0.25, 0.3) is 5.91 Å². The lowest BCUT2D eigenvalue weighted by Gasteiger charge is -2.24. The Balaban J connectivity index is 1.55. The van der Waals surface area contributed by atoms with Crippen LogP contribution in [0, 0.1) is 6.92 Å². The number of benzene rings is 1. The van der Waals surface area contributed by atoms with Crippen molar-refractivity contribution in [2.24, 2.45) is 0 Å². The third kappa shape index (κ3) is 3.39. The summed E-state index contributed by atoms with van der Waals surface area (Å²) in [5.74, 6) is 0.148. The summed E-state index contributed by atoms with van der Waals surface area (Å²) >= 11 is 3.18. The fourth-order valence-corrected chi connectivity index (χ4v) is 5.17. The zero-order valence-electron chi connectivity index (χ0n) is 14.1. The van der Waals surface area contributed by atoms with E-state index in [-0.39, 0.29) is 5.91 Å². The Morgan fingerprint density at radius 1 is 1.28 bits per heavy atom. The van der Waals surface area contributed by atoms with Crippen molar-refractivity contribution < 1.29 is 4.79 Å². The topological polar surface area (TPSA) is 33.2 Å². The van der Waals surface area contributed by atoms with E-state index in [1.54, 1.807) is 11.3 Å². The summed E-state index contributed by atoms with van der Waals surface area (Å²) in [6.07, 6.45) is 3.09. The molecular formula is C20H20N2OS2. The Bertz CT molecular complexity index is 855. The van der Waals surface area contributed by atoms with Crippen molar-refractivity contribution >= 4 is 28.6 Å². The van der Waals surface area contributed by atoms with Gasteiger partial charge in [0.2, 0.25) is 0 Å². The molecular weight excluding hydrogens is 348 g/mol. The summed E-state index contributed by atoms with van der Waals surface area (Å²) in [5.41, 5.74) is 3.26. The van der Waals surface area contributed by atoms with Crippen molar-refractivity contribution in [1.82, 2.24) is 9.88 Å². The first kappa shape index (κ1) is 16.5. The molecule has 1 aliphatic rings. The highest BCUT2D eigenvalue weighted by molar-refractivity contribution is 7.17. The number of rotatable bonds is 4. The van der Waals surface area contributed by atoms with Crippen LogP contribution in [0.3, 0.4) is 0 Å². The molecule has 4 rings (SSSR count). The summed E-state index contributed by atoms with van der Waals surface area (Å²) in [6, 6.07) is 12.8. The van der Waals surface area contributed by atoms with Crippen LogP contribution in [-0.4, -0.2) is 28.4 Å². The van der Waals surface area contributed by atoms with Gasteiger partial charge in [-0.15, -0.1) is 11.3 Å². The minimum atomic E-state index is 0.148. The Kier molecular flexibility index (Phi) is 4.68. The van der Waals surface area contributed by atoms with Crippen LogP contribution in [-0.2, 0) is 6.42 Å². The molecule has 0 bridgehead atoms. The number of carbonyl (C=O) groups is 1. The number of amides is 1. The van der Waals surface area contributed by atoms with Crippen molar-refractivity contribution in [2.75, 3.05) is 6.54 Å². The van der Waals surface area contributed by atoms with Crippen molar-refractivity contribution in [3.05, 3.63) is 63.3 Å². The largest absolute Gasteiger partial charge is 0.335 e. The molecule has 128 valence electrons. The zero-order valence-corrected chi connectivity index (χ0v) is 15.8. The summed E-state index contributed by atoms with van der Waals surface area (Å²) in [7, 11) is 0. The molecule has 5 heteroatoms. The normalized spacial score (nSPS) is 17.2. The standard InChI is InChI=1S/C20H20N2OS2/c1-14-18(25-19(21-14)16-9-11-24-13-16)20(23)22-10-5-8-17(22)12-15-6-3-2-4-7-15/h2-4,6-7,9,11,13,17H,5,8,10,12H2,1H3/t17-/m1/s1. The van der Waals surface area contributed by atoms with E-state index in [1.165, 1.54) is 16.9 Å². The number of nitrogens with zero attached hydrogens (tertiary/aromatic N) is 2. The number of thiophene rings is 1. The molecule has 1 aromatic carbocycles. The van der Waals surface area contributed by atoms with Crippen LogP contribution in [0.2, 0.25) is 0 Å². The monoisotopic (exact) mass is 368 g/mol. The highest BCUT2D eigenvalue weighted by atomic mass is 32.1. The molecule has 0 radical (unpaired) electrons. The van der Waals surface area contributed by atoms with Crippen molar-refractivity contribution in [3.63, 3.8) is 0 Å². The predicted molar refractivity (Wildman–Crippen MR) is 104 cm³/mol. The predicted octanol–water partition coefficient (Wildman–Crippen LogP) is 5.03. The molecule has 1 saturated heterocycles. The van der Waals surface area contributed by atoms with E-state index in [9.17, 15) is 4.79 Å². The number of hydrogen-bond acceptors (Lipinski definition) is 4. The van der Waals surface area contributed by atoms with Gasteiger partial charge in [-0.3, -0.25) is 4.79 Å². The number of likely N-dealkylation sites (tertiary alicyclic amines) is 1. The van der Waals surface area contributed by atoms with E-state index in [4.69, 9.17) is 0 Å². The number of aromatic nitrogens is 1. The van der Waals surface area contributed by atoms with Crippen molar-refractivity contribution in [1.29, 1.82) is 0 Å².